The molecule has 2 unspecified atom stereocenters. The van der Waals surface area contributed by atoms with Crippen LogP contribution in [0.3, 0.4) is 0 Å². The van der Waals surface area contributed by atoms with Crippen molar-refractivity contribution in [2.75, 3.05) is 13.1 Å². The molecule has 5 heterocycles. The van der Waals surface area contributed by atoms with Crippen LogP contribution in [0.1, 0.15) is 19.3 Å². The first-order chi connectivity index (χ1) is 4.82. The van der Waals surface area contributed by atoms with Gasteiger partial charge in [0.1, 0.15) is 0 Å². The molecule has 0 aromatic heterocycles. The summed E-state index contributed by atoms with van der Waals surface area (Å²) in [5.74, 6) is 0. The SMILES string of the molecule is NC1C2CC13CCN2CC3. The number of rotatable bonds is 0. The van der Waals surface area contributed by atoms with Crippen molar-refractivity contribution in [1.29, 1.82) is 0 Å². The average Bonchev–Trinajstić information content (AvgIpc) is 2.05. The first kappa shape index (κ1) is 5.56. The van der Waals surface area contributed by atoms with Crippen molar-refractivity contribution in [3.8, 4) is 0 Å². The van der Waals surface area contributed by atoms with E-state index in [1.165, 1.54) is 32.4 Å². The zero-order valence-corrected chi connectivity index (χ0v) is 6.21. The van der Waals surface area contributed by atoms with E-state index in [9.17, 15) is 0 Å². The van der Waals surface area contributed by atoms with Gasteiger partial charge in [0.05, 0.1) is 0 Å². The molecule has 0 amide bonds. The summed E-state index contributed by atoms with van der Waals surface area (Å²) in [6.07, 6.45) is 4.17. The van der Waals surface area contributed by atoms with Crippen LogP contribution < -0.4 is 5.73 Å². The third-order valence-corrected chi connectivity index (χ3v) is 4.00. The Labute approximate surface area is 61.4 Å². The van der Waals surface area contributed by atoms with E-state index in [2.05, 4.69) is 4.90 Å². The smallest absolute Gasteiger partial charge is 0.0258 e. The number of nitrogens with two attached hydrogens (primary N) is 1. The predicted octanol–water partition coefficient (Wildman–Crippen LogP) is 0.182. The van der Waals surface area contributed by atoms with Crippen molar-refractivity contribution in [3.63, 3.8) is 0 Å². The maximum Gasteiger partial charge on any atom is 0.0258 e. The second kappa shape index (κ2) is 1.41. The Morgan fingerprint density at radius 3 is 2.20 bits per heavy atom. The molecule has 0 aromatic carbocycles. The fourth-order valence-electron chi connectivity index (χ4n) is 3.12. The Kier molecular flexibility index (Phi) is 0.783. The first-order valence-electron chi connectivity index (χ1n) is 4.31. The van der Waals surface area contributed by atoms with Crippen LogP contribution in [0.25, 0.3) is 0 Å². The third-order valence-electron chi connectivity index (χ3n) is 4.00. The molecule has 0 radical (unpaired) electrons. The minimum absolute atomic E-state index is 0.537. The highest BCUT2D eigenvalue weighted by atomic mass is 15.2. The van der Waals surface area contributed by atoms with Gasteiger partial charge in [-0.05, 0) is 37.8 Å². The van der Waals surface area contributed by atoms with Gasteiger partial charge in [0.25, 0.3) is 0 Å². The van der Waals surface area contributed by atoms with Crippen molar-refractivity contribution < 1.29 is 0 Å². The lowest BCUT2D eigenvalue weighted by atomic mass is 9.52. The van der Waals surface area contributed by atoms with E-state index in [4.69, 9.17) is 5.73 Å². The van der Waals surface area contributed by atoms with Crippen LogP contribution in [0.5, 0.6) is 0 Å². The van der Waals surface area contributed by atoms with Gasteiger partial charge < -0.3 is 5.73 Å². The molecular weight excluding hydrogens is 124 g/mol. The maximum atomic E-state index is 6.06. The van der Waals surface area contributed by atoms with Gasteiger partial charge in [-0.3, -0.25) is 4.90 Å². The fraction of sp³-hybridized carbons (Fsp3) is 1.00. The molecule has 2 atom stereocenters. The number of nitrogens with zero attached hydrogens (tertiary/aromatic N) is 1. The molecule has 0 aromatic rings. The van der Waals surface area contributed by atoms with Gasteiger partial charge in [-0.15, -0.1) is 0 Å². The molecule has 1 saturated carbocycles. The molecule has 6 aliphatic rings. The van der Waals surface area contributed by atoms with E-state index in [1.807, 2.05) is 0 Å². The van der Waals surface area contributed by atoms with Gasteiger partial charge in [-0.2, -0.15) is 0 Å². The highest BCUT2D eigenvalue weighted by molar-refractivity contribution is 5.16. The van der Waals surface area contributed by atoms with Crippen LogP contribution in [-0.4, -0.2) is 30.1 Å². The van der Waals surface area contributed by atoms with Gasteiger partial charge in [-0.25, -0.2) is 0 Å². The topological polar surface area (TPSA) is 29.3 Å². The molecule has 2 N–H and O–H groups in total. The highest BCUT2D eigenvalue weighted by Gasteiger charge is 2.60. The molecule has 5 saturated heterocycles. The molecular formula is C8H14N2. The first-order valence-corrected chi connectivity index (χ1v) is 4.31. The Hall–Kier alpha value is -0.0800. The Bertz CT molecular complexity index is 163. The summed E-state index contributed by atoms with van der Waals surface area (Å²) in [5, 5.41) is 0. The van der Waals surface area contributed by atoms with Crippen LogP contribution in [0, 0.1) is 5.41 Å². The fourth-order valence-corrected chi connectivity index (χ4v) is 3.12. The van der Waals surface area contributed by atoms with Crippen molar-refractivity contribution in [2.24, 2.45) is 11.1 Å². The van der Waals surface area contributed by atoms with Crippen LogP contribution in [-0.2, 0) is 0 Å². The molecule has 6 rings (SSSR count). The molecule has 1 spiro atoms. The van der Waals surface area contributed by atoms with E-state index in [-0.39, 0.29) is 0 Å². The monoisotopic (exact) mass is 138 g/mol. The largest absolute Gasteiger partial charge is 0.326 e. The summed E-state index contributed by atoms with van der Waals surface area (Å²) in [6.45, 7) is 2.66. The lowest BCUT2D eigenvalue weighted by molar-refractivity contribution is -0.145. The lowest BCUT2D eigenvalue weighted by Crippen LogP contribution is -2.76. The Balaban J connectivity index is 2.00. The zero-order chi connectivity index (χ0) is 6.77. The molecule has 10 heavy (non-hydrogen) atoms. The van der Waals surface area contributed by atoms with E-state index in [0.29, 0.717) is 11.5 Å². The third kappa shape index (κ3) is 0.397. The standard InChI is InChI=1S/C8H14N2/c9-7-6-5-8(7)1-3-10(6)4-2-8/h6-7H,1-5,9H2. The van der Waals surface area contributed by atoms with E-state index < -0.39 is 0 Å². The quantitative estimate of drug-likeness (QED) is 0.517. The molecule has 2 nitrogen and oxygen atoms in total. The highest BCUT2D eigenvalue weighted by Crippen LogP contribution is 2.56. The number of hydrogen-bond acceptors (Lipinski definition) is 2. The summed E-state index contributed by atoms with van der Waals surface area (Å²) in [7, 11) is 0. The lowest BCUT2D eigenvalue weighted by Gasteiger charge is -2.67. The van der Waals surface area contributed by atoms with Crippen LogP contribution in [0.15, 0.2) is 0 Å². The van der Waals surface area contributed by atoms with Crippen molar-refractivity contribution in [3.05, 3.63) is 0 Å². The molecule has 2 heteroatoms. The van der Waals surface area contributed by atoms with Crippen LogP contribution in [0.4, 0.5) is 0 Å². The van der Waals surface area contributed by atoms with E-state index in [0.717, 1.165) is 6.04 Å². The van der Waals surface area contributed by atoms with Gasteiger partial charge in [0.2, 0.25) is 0 Å². The van der Waals surface area contributed by atoms with Crippen LogP contribution >= 0.6 is 0 Å². The summed E-state index contributed by atoms with van der Waals surface area (Å²) in [5.41, 5.74) is 6.69. The normalized spacial score (nSPS) is 63.9. The predicted molar refractivity (Wildman–Crippen MR) is 39.6 cm³/mol. The van der Waals surface area contributed by atoms with Gasteiger partial charge >= 0.3 is 0 Å². The summed E-state index contributed by atoms with van der Waals surface area (Å²) < 4.78 is 0. The van der Waals surface area contributed by atoms with E-state index in [1.54, 1.807) is 0 Å². The molecule has 3 bridgehead atoms. The summed E-state index contributed by atoms with van der Waals surface area (Å²) in [6, 6.07) is 1.32. The minimum Gasteiger partial charge on any atom is -0.326 e. The van der Waals surface area contributed by atoms with Gasteiger partial charge in [-0.1, -0.05) is 0 Å². The summed E-state index contributed by atoms with van der Waals surface area (Å²) >= 11 is 0. The van der Waals surface area contributed by atoms with Gasteiger partial charge in [0.15, 0.2) is 0 Å². The minimum atomic E-state index is 0.537. The van der Waals surface area contributed by atoms with Crippen LogP contribution in [0.2, 0.25) is 0 Å². The Morgan fingerprint density at radius 2 is 2.00 bits per heavy atom. The van der Waals surface area contributed by atoms with Crippen molar-refractivity contribution >= 4 is 0 Å². The summed E-state index contributed by atoms with van der Waals surface area (Å²) in [4.78, 5) is 2.58. The molecule has 6 fully saturated rings. The molecule has 1 aliphatic carbocycles. The maximum absolute atomic E-state index is 6.06. The van der Waals surface area contributed by atoms with Crippen molar-refractivity contribution in [1.82, 2.24) is 4.90 Å². The van der Waals surface area contributed by atoms with E-state index >= 15 is 0 Å². The van der Waals surface area contributed by atoms with Gasteiger partial charge in [0, 0.05) is 12.1 Å². The zero-order valence-electron chi connectivity index (χ0n) is 6.21. The number of piperidine rings is 5. The Morgan fingerprint density at radius 1 is 1.30 bits per heavy atom. The second-order valence-corrected chi connectivity index (χ2v) is 4.20. The molecule has 56 valence electrons. The average molecular weight is 138 g/mol. The second-order valence-electron chi connectivity index (χ2n) is 4.20. The van der Waals surface area contributed by atoms with Crippen molar-refractivity contribution in [2.45, 2.75) is 31.3 Å². The molecule has 5 aliphatic heterocycles. The number of hydrogen-bond donors (Lipinski definition) is 1.